The van der Waals surface area contributed by atoms with E-state index < -0.39 is 35.9 Å². The molecule has 0 bridgehead atoms. The lowest BCUT2D eigenvalue weighted by Crippen LogP contribution is -2.42. The maximum Gasteiger partial charge on any atom is 0.339 e. The predicted octanol–water partition coefficient (Wildman–Crippen LogP) is 2.54. The van der Waals surface area contributed by atoms with Crippen molar-refractivity contribution in [3.8, 4) is 5.75 Å². The second-order valence-corrected chi connectivity index (χ2v) is 7.32. The van der Waals surface area contributed by atoms with Crippen LogP contribution in [0.25, 0.3) is 0 Å². The number of hydrogen-bond acceptors (Lipinski definition) is 6. The van der Waals surface area contributed by atoms with Crippen LogP contribution in [0.1, 0.15) is 22.8 Å². The van der Waals surface area contributed by atoms with E-state index >= 15 is 0 Å². The first-order valence-electron chi connectivity index (χ1n) is 9.16. The van der Waals surface area contributed by atoms with Gasteiger partial charge in [-0.05, 0) is 42.8 Å². The third-order valence-electron chi connectivity index (χ3n) is 4.90. The molecule has 10 heteroatoms. The fraction of sp³-hybridized carbons (Fsp3) is 0.238. The van der Waals surface area contributed by atoms with E-state index in [1.807, 2.05) is 0 Å². The number of anilines is 1. The minimum Gasteiger partial charge on any atom is -0.497 e. The van der Waals surface area contributed by atoms with Gasteiger partial charge in [-0.15, -0.1) is 0 Å². The Morgan fingerprint density at radius 1 is 1.13 bits per heavy atom. The molecule has 0 spiro atoms. The van der Waals surface area contributed by atoms with Gasteiger partial charge in [0.15, 0.2) is 0 Å². The van der Waals surface area contributed by atoms with E-state index in [1.54, 1.807) is 31.2 Å². The molecule has 1 aliphatic rings. The summed E-state index contributed by atoms with van der Waals surface area (Å²) in [6.07, 6.45) is 0. The molecule has 4 amide bonds. The van der Waals surface area contributed by atoms with Gasteiger partial charge in [-0.3, -0.25) is 14.5 Å². The second-order valence-electron chi connectivity index (χ2n) is 6.91. The number of benzene rings is 2. The largest absolute Gasteiger partial charge is 0.497 e. The molecule has 1 atom stereocenters. The molecular weight excluding hydrogens is 426 g/mol. The molecule has 2 N–H and O–H groups in total. The first-order valence-corrected chi connectivity index (χ1v) is 9.53. The molecule has 0 aliphatic carbocycles. The molecule has 31 heavy (non-hydrogen) atoms. The first kappa shape index (κ1) is 22.1. The quantitative estimate of drug-likeness (QED) is 0.521. The number of hydrogen-bond donors (Lipinski definition) is 2. The van der Waals surface area contributed by atoms with Crippen LogP contribution in [-0.2, 0) is 19.9 Å². The third-order valence-corrected chi connectivity index (χ3v) is 5.23. The fourth-order valence-corrected chi connectivity index (χ4v) is 3.37. The summed E-state index contributed by atoms with van der Waals surface area (Å²) in [5.41, 5.74) is -0.430. The van der Waals surface area contributed by atoms with Gasteiger partial charge in [0.25, 0.3) is 5.91 Å². The van der Waals surface area contributed by atoms with Gasteiger partial charge in [0.2, 0.25) is 5.91 Å². The molecule has 162 valence electrons. The standard InChI is InChI=1S/C21H20ClN3O6/c1-21(12-4-7-14(30-2)8-5-12)19(28)25(20(29)24-21)11-17(26)23-13-6-9-16(22)15(10-13)18(27)31-3/h4-10H,11H2,1-3H3,(H,23,26)(H,24,29). The Kier molecular flexibility index (Phi) is 6.16. The average molecular weight is 446 g/mol. The van der Waals surface area contributed by atoms with E-state index in [-0.39, 0.29) is 16.3 Å². The van der Waals surface area contributed by atoms with Crippen molar-refractivity contribution in [3.05, 3.63) is 58.6 Å². The van der Waals surface area contributed by atoms with E-state index in [9.17, 15) is 19.2 Å². The predicted molar refractivity (Wildman–Crippen MR) is 112 cm³/mol. The number of carbonyl (C=O) groups excluding carboxylic acids is 4. The summed E-state index contributed by atoms with van der Waals surface area (Å²) in [6, 6.07) is 10.3. The maximum absolute atomic E-state index is 13.0. The Labute approximate surface area is 183 Å². The number of esters is 1. The molecule has 1 unspecified atom stereocenters. The number of carbonyl (C=O) groups is 4. The van der Waals surface area contributed by atoms with Gasteiger partial charge in [0, 0.05) is 5.69 Å². The van der Waals surface area contributed by atoms with Crippen LogP contribution in [0.3, 0.4) is 0 Å². The number of nitrogens with one attached hydrogen (secondary N) is 2. The summed E-state index contributed by atoms with van der Waals surface area (Å²) in [6.45, 7) is 1.06. The average Bonchev–Trinajstić information content (AvgIpc) is 2.98. The molecule has 1 saturated heterocycles. The summed E-state index contributed by atoms with van der Waals surface area (Å²) in [4.78, 5) is 50.4. The number of imide groups is 1. The van der Waals surface area contributed by atoms with Gasteiger partial charge < -0.3 is 20.1 Å². The molecule has 0 aromatic heterocycles. The summed E-state index contributed by atoms with van der Waals surface area (Å²) in [5, 5.41) is 5.33. The van der Waals surface area contributed by atoms with Crippen LogP contribution in [0, 0.1) is 0 Å². The molecular formula is C21H20ClN3O6. The van der Waals surface area contributed by atoms with E-state index in [0.29, 0.717) is 11.3 Å². The van der Waals surface area contributed by atoms with Crippen molar-refractivity contribution in [3.63, 3.8) is 0 Å². The molecule has 9 nitrogen and oxygen atoms in total. The Hall–Kier alpha value is -3.59. The maximum atomic E-state index is 13.0. The van der Waals surface area contributed by atoms with Gasteiger partial charge in [0.05, 0.1) is 24.8 Å². The van der Waals surface area contributed by atoms with E-state index in [0.717, 1.165) is 4.90 Å². The van der Waals surface area contributed by atoms with Gasteiger partial charge in [-0.1, -0.05) is 23.7 Å². The minimum atomic E-state index is -1.32. The van der Waals surface area contributed by atoms with Crippen LogP contribution in [0.2, 0.25) is 5.02 Å². The Morgan fingerprint density at radius 3 is 2.42 bits per heavy atom. The highest BCUT2D eigenvalue weighted by Gasteiger charge is 2.49. The zero-order valence-electron chi connectivity index (χ0n) is 17.0. The van der Waals surface area contributed by atoms with Crippen molar-refractivity contribution in [2.24, 2.45) is 0 Å². The highest BCUT2D eigenvalue weighted by Crippen LogP contribution is 2.30. The molecule has 2 aromatic rings. The van der Waals surface area contributed by atoms with Crippen LogP contribution in [0.15, 0.2) is 42.5 Å². The molecule has 1 aliphatic heterocycles. The van der Waals surface area contributed by atoms with Crippen LogP contribution in [0.4, 0.5) is 10.5 Å². The molecule has 3 rings (SSSR count). The number of ether oxygens (including phenoxy) is 2. The lowest BCUT2D eigenvalue weighted by molar-refractivity contribution is -0.133. The zero-order valence-corrected chi connectivity index (χ0v) is 17.8. The zero-order chi connectivity index (χ0) is 22.8. The van der Waals surface area contributed by atoms with Crippen molar-refractivity contribution in [1.82, 2.24) is 10.2 Å². The lowest BCUT2D eigenvalue weighted by atomic mass is 9.92. The molecule has 0 saturated carbocycles. The number of amides is 4. The van der Waals surface area contributed by atoms with Gasteiger partial charge in [0.1, 0.15) is 17.8 Å². The third kappa shape index (κ3) is 4.31. The van der Waals surface area contributed by atoms with Gasteiger partial charge >= 0.3 is 12.0 Å². The van der Waals surface area contributed by atoms with Crippen molar-refractivity contribution < 1.29 is 28.7 Å². The molecule has 2 aromatic carbocycles. The summed E-state index contributed by atoms with van der Waals surface area (Å²) < 4.78 is 9.75. The van der Waals surface area contributed by atoms with Crippen molar-refractivity contribution in [2.45, 2.75) is 12.5 Å². The number of nitrogens with zero attached hydrogens (tertiary/aromatic N) is 1. The smallest absolute Gasteiger partial charge is 0.339 e. The Bertz CT molecular complexity index is 1060. The Morgan fingerprint density at radius 2 is 1.81 bits per heavy atom. The molecule has 0 radical (unpaired) electrons. The Balaban J connectivity index is 1.74. The monoisotopic (exact) mass is 445 g/mol. The summed E-state index contributed by atoms with van der Waals surface area (Å²) in [5.74, 6) is -1.25. The lowest BCUT2D eigenvalue weighted by Gasteiger charge is -2.22. The van der Waals surface area contributed by atoms with Crippen LogP contribution in [-0.4, -0.2) is 49.5 Å². The highest BCUT2D eigenvalue weighted by molar-refractivity contribution is 6.33. The van der Waals surface area contributed by atoms with Gasteiger partial charge in [-0.2, -0.15) is 0 Å². The number of halogens is 1. The fourth-order valence-electron chi connectivity index (χ4n) is 3.17. The molecule has 1 heterocycles. The van der Waals surface area contributed by atoms with Crippen molar-refractivity contribution >= 4 is 41.1 Å². The second kappa shape index (κ2) is 8.65. The summed E-state index contributed by atoms with van der Waals surface area (Å²) in [7, 11) is 2.73. The van der Waals surface area contributed by atoms with Crippen LogP contribution in [0.5, 0.6) is 5.75 Å². The van der Waals surface area contributed by atoms with Crippen molar-refractivity contribution in [2.75, 3.05) is 26.1 Å². The number of rotatable bonds is 6. The highest BCUT2D eigenvalue weighted by atomic mass is 35.5. The van der Waals surface area contributed by atoms with Crippen LogP contribution >= 0.6 is 11.6 Å². The van der Waals surface area contributed by atoms with Crippen molar-refractivity contribution in [1.29, 1.82) is 0 Å². The van der Waals surface area contributed by atoms with E-state index in [4.69, 9.17) is 16.3 Å². The topological polar surface area (TPSA) is 114 Å². The van der Waals surface area contributed by atoms with Crippen LogP contribution < -0.4 is 15.4 Å². The normalized spacial score (nSPS) is 17.9. The summed E-state index contributed by atoms with van der Waals surface area (Å²) >= 11 is 5.96. The first-order chi connectivity index (χ1) is 14.7. The number of methoxy groups -OCH3 is 2. The van der Waals surface area contributed by atoms with E-state index in [1.165, 1.54) is 32.4 Å². The SMILES string of the molecule is COC(=O)c1cc(NC(=O)CN2C(=O)NC(C)(c3ccc(OC)cc3)C2=O)ccc1Cl. The molecule has 1 fully saturated rings. The van der Waals surface area contributed by atoms with Gasteiger partial charge in [-0.25, -0.2) is 9.59 Å². The number of urea groups is 1. The minimum absolute atomic E-state index is 0.0732. The van der Waals surface area contributed by atoms with E-state index in [2.05, 4.69) is 15.4 Å².